The van der Waals surface area contributed by atoms with Crippen molar-refractivity contribution in [3.8, 4) is 0 Å². The number of carbonyl (C=O) groups is 1. The van der Waals surface area contributed by atoms with Crippen LogP contribution < -0.4 is 10.2 Å². The van der Waals surface area contributed by atoms with E-state index < -0.39 is 0 Å². The van der Waals surface area contributed by atoms with E-state index in [1.54, 1.807) is 0 Å². The van der Waals surface area contributed by atoms with Gasteiger partial charge >= 0.3 is 0 Å². The van der Waals surface area contributed by atoms with Gasteiger partial charge in [-0.15, -0.1) is 0 Å². The van der Waals surface area contributed by atoms with Crippen LogP contribution in [0, 0.1) is 0 Å². The zero-order valence-corrected chi connectivity index (χ0v) is 12.1. The first-order chi connectivity index (χ1) is 9.79. The van der Waals surface area contributed by atoms with Crippen molar-refractivity contribution in [2.75, 3.05) is 31.1 Å². The molecule has 1 amide bonds. The minimum Gasteiger partial charge on any atom is -0.361 e. The fraction of sp³-hybridized carbons (Fsp3) is 0.562. The molecule has 1 aromatic carbocycles. The minimum absolute atomic E-state index is 0.270. The Morgan fingerprint density at radius 2 is 2.20 bits per heavy atom. The van der Waals surface area contributed by atoms with E-state index in [4.69, 9.17) is 0 Å². The summed E-state index contributed by atoms with van der Waals surface area (Å²) in [5, 5.41) is 3.42. The molecule has 3 rings (SSSR count). The maximum Gasteiger partial charge on any atom is 0.242 e. The molecule has 0 radical (unpaired) electrons. The van der Waals surface area contributed by atoms with Gasteiger partial charge in [-0.25, -0.2) is 0 Å². The number of likely N-dealkylation sites (N-methyl/N-ethyl adjacent to an activating group) is 1. The predicted molar refractivity (Wildman–Crippen MR) is 80.8 cm³/mol. The highest BCUT2D eigenvalue weighted by atomic mass is 16.2. The number of para-hydroxylation sites is 1. The Morgan fingerprint density at radius 1 is 1.40 bits per heavy atom. The molecule has 1 aliphatic carbocycles. The third-order valence-corrected chi connectivity index (χ3v) is 4.18. The molecule has 1 aromatic rings. The second-order valence-electron chi connectivity index (χ2n) is 5.64. The van der Waals surface area contributed by atoms with Crippen LogP contribution in [0.4, 0.5) is 5.69 Å². The summed E-state index contributed by atoms with van der Waals surface area (Å²) in [6.07, 6.45) is 2.36. The van der Waals surface area contributed by atoms with Gasteiger partial charge in [-0.3, -0.25) is 4.79 Å². The quantitative estimate of drug-likeness (QED) is 0.905. The van der Waals surface area contributed by atoms with E-state index in [1.165, 1.54) is 24.1 Å². The highest BCUT2D eigenvalue weighted by molar-refractivity contribution is 5.82. The number of hydrogen-bond acceptors (Lipinski definition) is 3. The van der Waals surface area contributed by atoms with Crippen LogP contribution in [0.5, 0.6) is 0 Å². The Labute approximate surface area is 120 Å². The third kappa shape index (κ3) is 2.80. The highest BCUT2D eigenvalue weighted by Crippen LogP contribution is 2.27. The predicted octanol–water partition coefficient (Wildman–Crippen LogP) is 1.61. The molecule has 1 aliphatic heterocycles. The number of rotatable bonds is 4. The number of amides is 1. The standard InChI is InChI=1S/C16H23N3O/c1-2-19(14-7-8-14)16(20)12-18-10-9-17-11-13-5-3-4-6-15(13)18/h3-6,14,17H,2,7-12H2,1H3. The van der Waals surface area contributed by atoms with E-state index in [1.807, 2.05) is 4.90 Å². The number of anilines is 1. The molecule has 4 nitrogen and oxygen atoms in total. The van der Waals surface area contributed by atoms with Gasteiger partial charge in [0, 0.05) is 37.9 Å². The first-order valence-electron chi connectivity index (χ1n) is 7.62. The van der Waals surface area contributed by atoms with Crippen LogP contribution in [0.15, 0.2) is 24.3 Å². The normalized spacial score (nSPS) is 18.4. The molecule has 4 heteroatoms. The van der Waals surface area contributed by atoms with Crippen molar-refractivity contribution in [2.45, 2.75) is 32.4 Å². The number of benzene rings is 1. The number of nitrogens with zero attached hydrogens (tertiary/aromatic N) is 2. The summed E-state index contributed by atoms with van der Waals surface area (Å²) < 4.78 is 0. The SMILES string of the molecule is CCN(C(=O)CN1CCNCc2ccccc21)C1CC1. The molecule has 0 bridgehead atoms. The molecule has 0 aromatic heterocycles. The number of nitrogens with one attached hydrogen (secondary N) is 1. The number of hydrogen-bond donors (Lipinski definition) is 1. The molecule has 0 saturated heterocycles. The molecule has 1 saturated carbocycles. The van der Waals surface area contributed by atoms with Gasteiger partial charge in [-0.2, -0.15) is 0 Å². The molecule has 0 spiro atoms. The van der Waals surface area contributed by atoms with Crippen LogP contribution in [0.1, 0.15) is 25.3 Å². The molecule has 0 unspecified atom stereocenters. The molecule has 1 fully saturated rings. The summed E-state index contributed by atoms with van der Waals surface area (Å²) >= 11 is 0. The first-order valence-corrected chi connectivity index (χ1v) is 7.62. The summed E-state index contributed by atoms with van der Waals surface area (Å²) in [4.78, 5) is 16.8. The van der Waals surface area contributed by atoms with Crippen molar-refractivity contribution >= 4 is 11.6 Å². The third-order valence-electron chi connectivity index (χ3n) is 4.18. The van der Waals surface area contributed by atoms with Crippen molar-refractivity contribution in [2.24, 2.45) is 0 Å². The van der Waals surface area contributed by atoms with Crippen LogP contribution in [0.3, 0.4) is 0 Å². The smallest absolute Gasteiger partial charge is 0.242 e. The van der Waals surface area contributed by atoms with Crippen molar-refractivity contribution in [3.63, 3.8) is 0 Å². The maximum atomic E-state index is 12.5. The Morgan fingerprint density at radius 3 is 2.95 bits per heavy atom. The van der Waals surface area contributed by atoms with Gasteiger partial charge < -0.3 is 15.1 Å². The zero-order chi connectivity index (χ0) is 13.9. The summed E-state index contributed by atoms with van der Waals surface area (Å²) in [5.74, 6) is 0.270. The van der Waals surface area contributed by atoms with Crippen LogP contribution in [-0.2, 0) is 11.3 Å². The number of carbonyl (C=O) groups excluding carboxylic acids is 1. The molecular formula is C16H23N3O. The molecular weight excluding hydrogens is 250 g/mol. The second-order valence-corrected chi connectivity index (χ2v) is 5.64. The summed E-state index contributed by atoms with van der Waals surface area (Å²) in [6, 6.07) is 8.90. The fourth-order valence-electron chi connectivity index (χ4n) is 2.97. The lowest BCUT2D eigenvalue weighted by molar-refractivity contribution is -0.130. The topological polar surface area (TPSA) is 35.6 Å². The Bertz CT molecular complexity index is 484. The Kier molecular flexibility index (Phi) is 3.92. The summed E-state index contributed by atoms with van der Waals surface area (Å²) in [7, 11) is 0. The van der Waals surface area contributed by atoms with Crippen molar-refractivity contribution < 1.29 is 4.79 Å². The summed E-state index contributed by atoms with van der Waals surface area (Å²) in [6.45, 7) is 6.12. The first kappa shape index (κ1) is 13.4. The molecule has 20 heavy (non-hydrogen) atoms. The van der Waals surface area contributed by atoms with E-state index in [9.17, 15) is 4.79 Å². The van der Waals surface area contributed by atoms with Gasteiger partial charge in [0.1, 0.15) is 0 Å². The minimum atomic E-state index is 0.270. The number of fused-ring (bicyclic) bond motifs is 1. The van der Waals surface area contributed by atoms with Crippen molar-refractivity contribution in [3.05, 3.63) is 29.8 Å². The molecule has 2 aliphatic rings. The Balaban J connectivity index is 1.74. The van der Waals surface area contributed by atoms with Crippen molar-refractivity contribution in [1.82, 2.24) is 10.2 Å². The summed E-state index contributed by atoms with van der Waals surface area (Å²) in [5.41, 5.74) is 2.49. The second kappa shape index (κ2) is 5.83. The lowest BCUT2D eigenvalue weighted by Gasteiger charge is -2.28. The van der Waals surface area contributed by atoms with Gasteiger partial charge in [0.15, 0.2) is 0 Å². The fourth-order valence-corrected chi connectivity index (χ4v) is 2.97. The van der Waals surface area contributed by atoms with Gasteiger partial charge in [-0.05, 0) is 31.4 Å². The van der Waals surface area contributed by atoms with Crippen LogP contribution in [-0.4, -0.2) is 43.0 Å². The molecule has 0 atom stereocenters. The van der Waals surface area contributed by atoms with E-state index in [0.29, 0.717) is 12.6 Å². The maximum absolute atomic E-state index is 12.5. The van der Waals surface area contributed by atoms with Gasteiger partial charge in [0.2, 0.25) is 5.91 Å². The monoisotopic (exact) mass is 273 g/mol. The van der Waals surface area contributed by atoms with Gasteiger partial charge in [0.05, 0.1) is 6.54 Å². The molecule has 108 valence electrons. The van der Waals surface area contributed by atoms with Crippen LogP contribution >= 0.6 is 0 Å². The Hall–Kier alpha value is -1.55. The zero-order valence-electron chi connectivity index (χ0n) is 12.1. The average Bonchev–Trinajstić information content (AvgIpc) is 3.28. The largest absolute Gasteiger partial charge is 0.361 e. The van der Waals surface area contributed by atoms with E-state index in [0.717, 1.165) is 26.2 Å². The lowest BCUT2D eigenvalue weighted by Crippen LogP contribution is -2.42. The lowest BCUT2D eigenvalue weighted by atomic mass is 10.1. The molecule has 1 heterocycles. The van der Waals surface area contributed by atoms with E-state index in [2.05, 4.69) is 41.4 Å². The van der Waals surface area contributed by atoms with Crippen molar-refractivity contribution in [1.29, 1.82) is 0 Å². The highest BCUT2D eigenvalue weighted by Gasteiger charge is 2.32. The van der Waals surface area contributed by atoms with E-state index in [-0.39, 0.29) is 5.91 Å². The van der Waals surface area contributed by atoms with Gasteiger partial charge in [0.25, 0.3) is 0 Å². The van der Waals surface area contributed by atoms with Crippen LogP contribution in [0.2, 0.25) is 0 Å². The molecule has 1 N–H and O–H groups in total. The average molecular weight is 273 g/mol. The van der Waals surface area contributed by atoms with Gasteiger partial charge in [-0.1, -0.05) is 18.2 Å². The van der Waals surface area contributed by atoms with E-state index >= 15 is 0 Å². The van der Waals surface area contributed by atoms with Crippen LogP contribution in [0.25, 0.3) is 0 Å².